The van der Waals surface area contributed by atoms with Crippen LogP contribution in [0.25, 0.3) is 0 Å². The summed E-state index contributed by atoms with van der Waals surface area (Å²) >= 11 is 9.53. The molecule has 0 saturated heterocycles. The lowest BCUT2D eigenvalue weighted by Crippen LogP contribution is -2.13. The second-order valence-corrected chi connectivity index (χ2v) is 6.56. The van der Waals surface area contributed by atoms with Crippen molar-refractivity contribution in [1.29, 1.82) is 0 Å². The minimum absolute atomic E-state index is 0.194. The SMILES string of the molecule is Cc1ccc(C(=O)O)[nH]1.Cc1ccc(C(=O)OC(=O)c2ccc(C)[nH]2)[nH]1.ClCCl. The molecule has 29 heavy (non-hydrogen) atoms. The third kappa shape index (κ3) is 8.28. The molecule has 156 valence electrons. The van der Waals surface area contributed by atoms with Crippen LogP contribution in [0, 0.1) is 20.8 Å². The van der Waals surface area contributed by atoms with Gasteiger partial charge < -0.3 is 24.8 Å². The van der Waals surface area contributed by atoms with Crippen LogP contribution in [-0.2, 0) is 4.74 Å². The van der Waals surface area contributed by atoms with Crippen molar-refractivity contribution >= 4 is 41.1 Å². The Morgan fingerprint density at radius 2 is 1.07 bits per heavy atom. The lowest BCUT2D eigenvalue weighted by Gasteiger charge is -1.99. The van der Waals surface area contributed by atoms with Crippen molar-refractivity contribution < 1.29 is 24.2 Å². The number of rotatable bonds is 3. The van der Waals surface area contributed by atoms with Crippen LogP contribution in [0.1, 0.15) is 48.5 Å². The van der Waals surface area contributed by atoms with Crippen LogP contribution in [0.5, 0.6) is 0 Å². The van der Waals surface area contributed by atoms with Gasteiger partial charge in [-0.3, -0.25) is 0 Å². The highest BCUT2D eigenvalue weighted by atomic mass is 35.5. The predicted molar refractivity (Wildman–Crippen MR) is 110 cm³/mol. The van der Waals surface area contributed by atoms with Gasteiger partial charge in [-0.1, -0.05) is 0 Å². The Balaban J connectivity index is 0.000000294. The maximum atomic E-state index is 11.6. The monoisotopic (exact) mass is 441 g/mol. The molecule has 8 nitrogen and oxygen atoms in total. The Bertz CT molecular complexity index is 908. The normalized spacial score (nSPS) is 9.55. The van der Waals surface area contributed by atoms with Crippen LogP contribution in [0.3, 0.4) is 0 Å². The summed E-state index contributed by atoms with van der Waals surface area (Å²) in [7, 11) is 0. The van der Waals surface area contributed by atoms with Crippen LogP contribution in [0.2, 0.25) is 0 Å². The van der Waals surface area contributed by atoms with Gasteiger partial charge in [-0.15, -0.1) is 23.2 Å². The van der Waals surface area contributed by atoms with Gasteiger partial charge >= 0.3 is 17.9 Å². The van der Waals surface area contributed by atoms with Gasteiger partial charge in [0.15, 0.2) is 0 Å². The third-order valence-corrected chi connectivity index (χ3v) is 3.35. The molecule has 0 aliphatic heterocycles. The van der Waals surface area contributed by atoms with Crippen LogP contribution < -0.4 is 0 Å². The number of carboxylic acid groups (broad SMARTS) is 1. The molecule has 0 saturated carbocycles. The molecule has 3 aromatic heterocycles. The van der Waals surface area contributed by atoms with E-state index in [9.17, 15) is 14.4 Å². The number of carbonyl (C=O) groups excluding carboxylic acids is 2. The zero-order chi connectivity index (χ0) is 22.0. The van der Waals surface area contributed by atoms with E-state index in [1.807, 2.05) is 20.8 Å². The van der Waals surface area contributed by atoms with Crippen molar-refractivity contribution in [3.05, 3.63) is 70.6 Å². The molecule has 0 aliphatic carbocycles. The van der Waals surface area contributed by atoms with Crippen molar-refractivity contribution in [2.45, 2.75) is 20.8 Å². The Labute approximate surface area is 177 Å². The summed E-state index contributed by atoms with van der Waals surface area (Å²) in [5, 5.41) is 8.56. The largest absolute Gasteiger partial charge is 0.477 e. The van der Waals surface area contributed by atoms with E-state index in [2.05, 4.69) is 15.0 Å². The predicted octanol–water partition coefficient (Wildman–Crippen LogP) is 4.40. The number of carbonyl (C=O) groups is 3. The van der Waals surface area contributed by atoms with Crippen LogP contribution >= 0.6 is 23.2 Å². The first-order valence-corrected chi connectivity index (χ1v) is 9.33. The number of hydrogen-bond acceptors (Lipinski definition) is 4. The maximum absolute atomic E-state index is 11.6. The average molecular weight is 442 g/mol. The standard InChI is InChI=1S/C12H12N2O3.C6H7NO2.CH2Cl2/c1-7-3-5-9(13-7)11(15)17-12(16)10-6-4-8(2)14-10;1-4-2-3-5(7-4)6(8)9;2-1-3/h3-6,13-14H,1-2H3;2-3,7H,1H3,(H,8,9);1H2. The zero-order valence-corrected chi connectivity index (χ0v) is 17.5. The molecule has 0 aromatic carbocycles. The molecule has 4 N–H and O–H groups in total. The van der Waals surface area contributed by atoms with Crippen molar-refractivity contribution in [2.75, 3.05) is 5.34 Å². The van der Waals surface area contributed by atoms with Gasteiger partial charge in [0.1, 0.15) is 17.1 Å². The van der Waals surface area contributed by atoms with Crippen LogP contribution in [-0.4, -0.2) is 43.3 Å². The molecule has 3 rings (SSSR count). The summed E-state index contributed by atoms with van der Waals surface area (Å²) in [6, 6.07) is 9.89. The summed E-state index contributed by atoms with van der Waals surface area (Å²) < 4.78 is 4.71. The van der Waals surface area contributed by atoms with Crippen molar-refractivity contribution in [2.24, 2.45) is 0 Å². The minimum Gasteiger partial charge on any atom is -0.477 e. The van der Waals surface area contributed by atoms with E-state index in [0.29, 0.717) is 0 Å². The highest BCUT2D eigenvalue weighted by Crippen LogP contribution is 2.06. The number of nitrogens with one attached hydrogen (secondary N) is 3. The van der Waals surface area contributed by atoms with Gasteiger partial charge in [0, 0.05) is 17.1 Å². The summed E-state index contributed by atoms with van der Waals surface area (Å²) in [6.07, 6.45) is 0. The number of esters is 2. The number of ether oxygens (including phenoxy) is 1. The molecule has 0 aliphatic rings. The highest BCUT2D eigenvalue weighted by Gasteiger charge is 2.16. The van der Waals surface area contributed by atoms with E-state index >= 15 is 0 Å². The van der Waals surface area contributed by atoms with Gasteiger partial charge in [0.2, 0.25) is 0 Å². The Morgan fingerprint density at radius 3 is 1.28 bits per heavy atom. The molecule has 0 radical (unpaired) electrons. The molecule has 3 aromatic rings. The second kappa shape index (κ2) is 11.8. The molecule has 0 fully saturated rings. The fraction of sp³-hybridized carbons (Fsp3) is 0.211. The summed E-state index contributed by atoms with van der Waals surface area (Å²) in [6.45, 7) is 5.44. The van der Waals surface area contributed by atoms with Crippen molar-refractivity contribution in [3.63, 3.8) is 0 Å². The first-order valence-electron chi connectivity index (χ1n) is 8.26. The van der Waals surface area contributed by atoms with E-state index < -0.39 is 17.9 Å². The fourth-order valence-electron chi connectivity index (χ4n) is 2.07. The number of aryl methyl sites for hydroxylation is 3. The van der Waals surface area contributed by atoms with E-state index in [-0.39, 0.29) is 22.4 Å². The number of aromatic nitrogens is 3. The number of hydrogen-bond donors (Lipinski definition) is 4. The van der Waals surface area contributed by atoms with Crippen LogP contribution in [0.15, 0.2) is 36.4 Å². The number of aromatic amines is 3. The topological polar surface area (TPSA) is 128 Å². The number of carboxylic acids is 1. The van der Waals surface area contributed by atoms with E-state index in [4.69, 9.17) is 33.0 Å². The van der Waals surface area contributed by atoms with E-state index in [0.717, 1.165) is 17.1 Å². The molecule has 0 atom stereocenters. The van der Waals surface area contributed by atoms with Gasteiger partial charge in [-0.2, -0.15) is 0 Å². The number of halogens is 2. The van der Waals surface area contributed by atoms with Gasteiger partial charge in [0.25, 0.3) is 0 Å². The molecule has 0 spiro atoms. The van der Waals surface area contributed by atoms with Crippen molar-refractivity contribution in [1.82, 2.24) is 15.0 Å². The Kier molecular flexibility index (Phi) is 9.78. The lowest BCUT2D eigenvalue weighted by molar-refractivity contribution is 0.0389. The highest BCUT2D eigenvalue weighted by molar-refractivity contribution is 6.40. The van der Waals surface area contributed by atoms with E-state index in [1.165, 1.54) is 6.07 Å². The molecule has 3 heterocycles. The smallest absolute Gasteiger partial charge is 0.362 e. The van der Waals surface area contributed by atoms with Gasteiger partial charge in [-0.25, -0.2) is 14.4 Å². The first kappa shape index (κ1) is 24.1. The lowest BCUT2D eigenvalue weighted by atomic mass is 10.4. The molecule has 0 amide bonds. The summed E-state index contributed by atoms with van der Waals surface area (Å²) in [5.41, 5.74) is 3.30. The van der Waals surface area contributed by atoms with Gasteiger partial charge in [0.05, 0.1) is 5.34 Å². The van der Waals surface area contributed by atoms with Gasteiger partial charge in [-0.05, 0) is 57.2 Å². The first-order chi connectivity index (χ1) is 13.7. The fourth-order valence-corrected chi connectivity index (χ4v) is 2.07. The number of H-pyrrole nitrogens is 3. The zero-order valence-electron chi connectivity index (χ0n) is 16.0. The molecular formula is C19H21Cl2N3O5. The quantitative estimate of drug-likeness (QED) is 0.272. The summed E-state index contributed by atoms with van der Waals surface area (Å²) in [4.78, 5) is 41.6. The second-order valence-electron chi connectivity index (χ2n) is 5.75. The molecule has 0 bridgehead atoms. The van der Waals surface area contributed by atoms with Crippen LogP contribution in [0.4, 0.5) is 0 Å². The average Bonchev–Trinajstić information content (AvgIpc) is 3.37. The molecule has 10 heteroatoms. The maximum Gasteiger partial charge on any atom is 0.362 e. The number of aromatic carboxylic acids is 1. The third-order valence-electron chi connectivity index (χ3n) is 3.35. The molecular weight excluding hydrogens is 421 g/mol. The molecule has 0 unspecified atom stereocenters. The Hall–Kier alpha value is -2.97. The number of alkyl halides is 2. The summed E-state index contributed by atoms with van der Waals surface area (Å²) in [5.74, 6) is -2.28. The minimum atomic E-state index is -0.914. The van der Waals surface area contributed by atoms with E-state index in [1.54, 1.807) is 30.3 Å². The Morgan fingerprint density at radius 1 is 0.759 bits per heavy atom. The van der Waals surface area contributed by atoms with Crippen molar-refractivity contribution in [3.8, 4) is 0 Å².